The smallest absolute Gasteiger partial charge is 0.410 e. The van der Waals surface area contributed by atoms with E-state index in [1.807, 2.05) is 44.2 Å². The van der Waals surface area contributed by atoms with Gasteiger partial charge in [0, 0.05) is 51.5 Å². The van der Waals surface area contributed by atoms with Crippen molar-refractivity contribution in [2.24, 2.45) is 5.92 Å². The molecule has 2 heterocycles. The topological polar surface area (TPSA) is 114 Å². The van der Waals surface area contributed by atoms with Gasteiger partial charge in [0.15, 0.2) is 0 Å². The molecule has 0 aliphatic carbocycles. The first-order valence-electron chi connectivity index (χ1n) is 11.0. The third-order valence-electron chi connectivity index (χ3n) is 6.24. The Kier molecular flexibility index (Phi) is 7.92. The number of hydrogen-bond donors (Lipinski definition) is 3. The van der Waals surface area contributed by atoms with Crippen molar-refractivity contribution in [1.82, 2.24) is 20.6 Å². The van der Waals surface area contributed by atoms with Crippen LogP contribution in [0, 0.1) is 5.92 Å². The van der Waals surface area contributed by atoms with Crippen LogP contribution in [0.5, 0.6) is 0 Å². The summed E-state index contributed by atoms with van der Waals surface area (Å²) >= 11 is 0. The summed E-state index contributed by atoms with van der Waals surface area (Å²) in [7, 11) is 1.64. The summed E-state index contributed by atoms with van der Waals surface area (Å²) in [6, 6.07) is 9.20. The minimum atomic E-state index is -0.851. The molecule has 32 heavy (non-hydrogen) atoms. The van der Waals surface area contributed by atoms with E-state index in [4.69, 9.17) is 4.74 Å². The molecule has 2 aliphatic heterocycles. The SMILES string of the molecule is CC(C)N(C)C(=O)OC1CN[C@H](C(=O)N2CCN(c3ccccc3)CC2)[C@@H](C(=O)NO)C1. The minimum Gasteiger partial charge on any atom is -0.445 e. The third-order valence-corrected chi connectivity index (χ3v) is 6.24. The molecule has 176 valence electrons. The molecule has 10 heteroatoms. The molecule has 1 unspecified atom stereocenters. The average Bonchev–Trinajstić information content (AvgIpc) is 2.83. The Morgan fingerprint density at radius 3 is 2.41 bits per heavy atom. The van der Waals surface area contributed by atoms with Gasteiger partial charge in [-0.05, 0) is 32.4 Å². The van der Waals surface area contributed by atoms with Crippen molar-refractivity contribution >= 4 is 23.6 Å². The highest BCUT2D eigenvalue weighted by molar-refractivity contribution is 5.90. The van der Waals surface area contributed by atoms with Crippen LogP contribution in [0.15, 0.2) is 30.3 Å². The van der Waals surface area contributed by atoms with Gasteiger partial charge >= 0.3 is 6.09 Å². The number of nitrogens with one attached hydrogen (secondary N) is 2. The number of benzene rings is 1. The largest absolute Gasteiger partial charge is 0.445 e. The number of hydrogen-bond acceptors (Lipinski definition) is 7. The van der Waals surface area contributed by atoms with Gasteiger partial charge < -0.3 is 24.8 Å². The van der Waals surface area contributed by atoms with E-state index in [2.05, 4.69) is 10.2 Å². The lowest BCUT2D eigenvalue weighted by molar-refractivity contribution is -0.145. The van der Waals surface area contributed by atoms with E-state index in [1.165, 1.54) is 4.90 Å². The number of ether oxygens (including phenoxy) is 1. The van der Waals surface area contributed by atoms with Crippen molar-refractivity contribution in [3.8, 4) is 0 Å². The van der Waals surface area contributed by atoms with Gasteiger partial charge in [0.05, 0.1) is 12.0 Å². The summed E-state index contributed by atoms with van der Waals surface area (Å²) in [4.78, 5) is 43.2. The average molecular weight is 448 g/mol. The maximum Gasteiger partial charge on any atom is 0.410 e. The number of anilines is 1. The second kappa shape index (κ2) is 10.6. The highest BCUT2D eigenvalue weighted by Crippen LogP contribution is 2.23. The number of piperidine rings is 1. The van der Waals surface area contributed by atoms with Crippen LogP contribution in [0.3, 0.4) is 0 Å². The maximum atomic E-state index is 13.2. The number of carbonyl (C=O) groups excluding carboxylic acids is 3. The molecule has 10 nitrogen and oxygen atoms in total. The Morgan fingerprint density at radius 2 is 1.81 bits per heavy atom. The van der Waals surface area contributed by atoms with E-state index in [9.17, 15) is 19.6 Å². The normalized spacial score (nSPS) is 23.6. The zero-order valence-corrected chi connectivity index (χ0v) is 18.9. The molecule has 0 spiro atoms. The summed E-state index contributed by atoms with van der Waals surface area (Å²) < 4.78 is 5.51. The fourth-order valence-electron chi connectivity index (χ4n) is 4.05. The van der Waals surface area contributed by atoms with E-state index in [0.717, 1.165) is 5.69 Å². The molecule has 3 amide bonds. The molecule has 0 aromatic heterocycles. The molecule has 0 saturated carbocycles. The van der Waals surface area contributed by atoms with Gasteiger partial charge in [-0.25, -0.2) is 10.3 Å². The fraction of sp³-hybridized carbons (Fsp3) is 0.591. The van der Waals surface area contributed by atoms with Gasteiger partial charge in [-0.15, -0.1) is 0 Å². The van der Waals surface area contributed by atoms with Gasteiger partial charge in [-0.2, -0.15) is 0 Å². The second-order valence-electron chi connectivity index (χ2n) is 8.56. The molecular formula is C22H33N5O5. The standard InChI is InChI=1S/C22H33N5O5/c1-15(2)25(3)22(30)32-17-13-18(20(28)24-31)19(23-14-17)21(29)27-11-9-26(10-12-27)16-7-5-4-6-8-16/h4-8,15,17-19,23,31H,9-14H2,1-3H3,(H,24,28)/t17?,18-,19-/m0/s1. The summed E-state index contributed by atoms with van der Waals surface area (Å²) in [5, 5.41) is 12.3. The molecule has 0 radical (unpaired) electrons. The van der Waals surface area contributed by atoms with E-state index in [-0.39, 0.29) is 24.9 Å². The third kappa shape index (κ3) is 5.49. The van der Waals surface area contributed by atoms with Gasteiger partial charge in [0.25, 0.3) is 0 Å². The van der Waals surface area contributed by atoms with Gasteiger partial charge in [-0.1, -0.05) is 18.2 Å². The number of hydroxylamine groups is 1. The first-order valence-corrected chi connectivity index (χ1v) is 11.0. The lowest BCUT2D eigenvalue weighted by atomic mass is 9.87. The van der Waals surface area contributed by atoms with Crippen molar-refractivity contribution in [3.63, 3.8) is 0 Å². The van der Waals surface area contributed by atoms with E-state index >= 15 is 0 Å². The Morgan fingerprint density at radius 1 is 1.16 bits per heavy atom. The molecule has 3 N–H and O–H groups in total. The summed E-state index contributed by atoms with van der Waals surface area (Å²) in [5.74, 6) is -1.71. The first-order chi connectivity index (χ1) is 15.3. The molecular weight excluding hydrogens is 414 g/mol. The van der Waals surface area contributed by atoms with E-state index < -0.39 is 30.1 Å². The Hall–Kier alpha value is -2.85. The number of para-hydroxylation sites is 1. The van der Waals surface area contributed by atoms with Crippen LogP contribution in [0.2, 0.25) is 0 Å². The summed E-state index contributed by atoms with van der Waals surface area (Å²) in [6.45, 7) is 6.46. The second-order valence-corrected chi connectivity index (χ2v) is 8.56. The predicted octanol–water partition coefficient (Wildman–Crippen LogP) is 0.664. The van der Waals surface area contributed by atoms with E-state index in [0.29, 0.717) is 26.2 Å². The highest BCUT2D eigenvalue weighted by Gasteiger charge is 2.42. The molecule has 1 aromatic rings. The molecule has 3 rings (SSSR count). The van der Waals surface area contributed by atoms with E-state index in [1.54, 1.807) is 17.4 Å². The Balaban J connectivity index is 1.61. The first kappa shape index (κ1) is 23.8. The highest BCUT2D eigenvalue weighted by atomic mass is 16.6. The number of piperazine rings is 1. The number of carbonyl (C=O) groups is 3. The van der Waals surface area contributed by atoms with Crippen LogP contribution in [0.4, 0.5) is 10.5 Å². The summed E-state index contributed by atoms with van der Waals surface area (Å²) in [6.07, 6.45) is -0.918. The van der Waals surface area contributed by atoms with Crippen LogP contribution in [0.25, 0.3) is 0 Å². The Bertz CT molecular complexity index is 797. The van der Waals surface area contributed by atoms with Crippen LogP contribution in [-0.2, 0) is 14.3 Å². The molecule has 1 aromatic carbocycles. The zero-order chi connectivity index (χ0) is 23.3. The van der Waals surface area contributed by atoms with Crippen LogP contribution in [-0.4, -0.2) is 90.9 Å². The van der Waals surface area contributed by atoms with Gasteiger partial charge in [0.2, 0.25) is 11.8 Å². The zero-order valence-electron chi connectivity index (χ0n) is 18.9. The lowest BCUT2D eigenvalue weighted by Gasteiger charge is -2.41. The van der Waals surface area contributed by atoms with Crippen molar-refractivity contribution in [2.45, 2.75) is 38.5 Å². The molecule has 3 atom stereocenters. The monoisotopic (exact) mass is 447 g/mol. The number of nitrogens with zero attached hydrogens (tertiary/aromatic N) is 3. The Labute approximate surface area is 188 Å². The molecule has 2 fully saturated rings. The van der Waals surface area contributed by atoms with Crippen molar-refractivity contribution < 1.29 is 24.3 Å². The molecule has 2 saturated heterocycles. The maximum absolute atomic E-state index is 13.2. The van der Waals surface area contributed by atoms with Crippen LogP contribution < -0.4 is 15.7 Å². The summed E-state index contributed by atoms with van der Waals surface area (Å²) in [5.41, 5.74) is 2.77. The molecule has 2 aliphatic rings. The molecule has 0 bridgehead atoms. The van der Waals surface area contributed by atoms with Crippen molar-refractivity contribution in [3.05, 3.63) is 30.3 Å². The minimum absolute atomic E-state index is 0.0283. The van der Waals surface area contributed by atoms with Crippen molar-refractivity contribution in [2.75, 3.05) is 44.7 Å². The van der Waals surface area contributed by atoms with Gasteiger partial charge in [-0.3, -0.25) is 14.8 Å². The van der Waals surface area contributed by atoms with Gasteiger partial charge in [0.1, 0.15) is 6.10 Å². The van der Waals surface area contributed by atoms with Crippen LogP contribution in [0.1, 0.15) is 20.3 Å². The predicted molar refractivity (Wildman–Crippen MR) is 118 cm³/mol. The lowest BCUT2D eigenvalue weighted by Crippen LogP contribution is -2.62. The number of rotatable bonds is 5. The number of amides is 3. The fourth-order valence-corrected chi connectivity index (χ4v) is 4.05. The van der Waals surface area contributed by atoms with Crippen molar-refractivity contribution in [1.29, 1.82) is 0 Å². The quantitative estimate of drug-likeness (QED) is 0.449. The van der Waals surface area contributed by atoms with Crippen LogP contribution >= 0.6 is 0 Å².